The molecule has 88 valence electrons. The summed E-state index contributed by atoms with van der Waals surface area (Å²) in [6.45, 7) is 1.57. The standard InChI is InChI=1S/C10H13BrN2O2S/c11-9-3-5-10(6-4-9)16(14,15)12-13-7-1-2-8-13/h3-6,12H,1-2,7-8H2. The Labute approximate surface area is 104 Å². The maximum absolute atomic E-state index is 11.9. The van der Waals surface area contributed by atoms with Gasteiger partial charge >= 0.3 is 0 Å². The minimum absolute atomic E-state index is 0.294. The van der Waals surface area contributed by atoms with Crippen LogP contribution < -0.4 is 4.83 Å². The predicted octanol–water partition coefficient (Wildman–Crippen LogP) is 1.74. The summed E-state index contributed by atoms with van der Waals surface area (Å²) < 4.78 is 24.7. The molecule has 4 nitrogen and oxygen atoms in total. The average Bonchev–Trinajstić information content (AvgIpc) is 2.70. The number of hydrogen-bond donors (Lipinski definition) is 1. The van der Waals surface area contributed by atoms with Gasteiger partial charge in [0, 0.05) is 17.6 Å². The molecule has 1 fully saturated rings. The van der Waals surface area contributed by atoms with Gasteiger partial charge in [-0.1, -0.05) is 15.9 Å². The number of sulfonamides is 1. The Morgan fingerprint density at radius 1 is 1.12 bits per heavy atom. The fraction of sp³-hybridized carbons (Fsp3) is 0.400. The Morgan fingerprint density at radius 3 is 2.25 bits per heavy atom. The molecule has 1 saturated heterocycles. The zero-order chi connectivity index (χ0) is 11.6. The van der Waals surface area contributed by atoms with Gasteiger partial charge in [0.1, 0.15) is 0 Å². The first-order valence-corrected chi connectivity index (χ1v) is 7.38. The lowest BCUT2D eigenvalue weighted by Crippen LogP contribution is -2.39. The molecule has 1 heterocycles. The minimum atomic E-state index is -3.41. The molecule has 1 aliphatic rings. The highest BCUT2D eigenvalue weighted by Crippen LogP contribution is 2.15. The van der Waals surface area contributed by atoms with Crippen molar-refractivity contribution in [2.75, 3.05) is 13.1 Å². The lowest BCUT2D eigenvalue weighted by atomic mass is 10.4. The van der Waals surface area contributed by atoms with Gasteiger partial charge in [0.2, 0.25) is 0 Å². The maximum atomic E-state index is 11.9. The molecule has 0 bridgehead atoms. The summed E-state index contributed by atoms with van der Waals surface area (Å²) >= 11 is 3.27. The molecule has 0 amide bonds. The van der Waals surface area contributed by atoms with E-state index in [0.717, 1.165) is 30.4 Å². The van der Waals surface area contributed by atoms with Crippen molar-refractivity contribution in [1.82, 2.24) is 9.84 Å². The third kappa shape index (κ3) is 2.82. The van der Waals surface area contributed by atoms with Gasteiger partial charge in [-0.05, 0) is 37.1 Å². The summed E-state index contributed by atoms with van der Waals surface area (Å²) in [5.41, 5.74) is 0. The lowest BCUT2D eigenvalue weighted by Gasteiger charge is -2.16. The van der Waals surface area contributed by atoms with Crippen LogP contribution in [0.1, 0.15) is 12.8 Å². The van der Waals surface area contributed by atoms with Crippen LogP contribution >= 0.6 is 15.9 Å². The van der Waals surface area contributed by atoms with Crippen LogP contribution in [0.25, 0.3) is 0 Å². The SMILES string of the molecule is O=S(=O)(NN1CCCC1)c1ccc(Br)cc1. The van der Waals surface area contributed by atoms with Gasteiger partial charge in [0.25, 0.3) is 10.0 Å². The van der Waals surface area contributed by atoms with Gasteiger partial charge in [-0.2, -0.15) is 0 Å². The van der Waals surface area contributed by atoms with Crippen LogP contribution in [0.2, 0.25) is 0 Å². The van der Waals surface area contributed by atoms with E-state index in [0.29, 0.717) is 4.90 Å². The van der Waals surface area contributed by atoms with E-state index in [1.165, 1.54) is 0 Å². The molecule has 1 aromatic rings. The minimum Gasteiger partial charge on any atom is -0.230 e. The molecular weight excluding hydrogens is 292 g/mol. The predicted molar refractivity (Wildman–Crippen MR) is 65.3 cm³/mol. The third-order valence-corrected chi connectivity index (χ3v) is 4.40. The highest BCUT2D eigenvalue weighted by molar-refractivity contribution is 9.10. The van der Waals surface area contributed by atoms with Gasteiger partial charge in [-0.15, -0.1) is 4.83 Å². The summed E-state index contributed by atoms with van der Waals surface area (Å²) in [7, 11) is -3.41. The third-order valence-electron chi connectivity index (χ3n) is 2.48. The normalized spacial score (nSPS) is 17.8. The maximum Gasteiger partial charge on any atom is 0.253 e. The van der Waals surface area contributed by atoms with E-state index in [4.69, 9.17) is 0 Å². The van der Waals surface area contributed by atoms with Crippen molar-refractivity contribution < 1.29 is 8.42 Å². The highest BCUT2D eigenvalue weighted by Gasteiger charge is 2.20. The number of halogens is 1. The number of nitrogens with one attached hydrogen (secondary N) is 1. The quantitative estimate of drug-likeness (QED) is 0.925. The molecule has 0 spiro atoms. The van der Waals surface area contributed by atoms with Gasteiger partial charge in [0.15, 0.2) is 0 Å². The van der Waals surface area contributed by atoms with E-state index < -0.39 is 10.0 Å². The summed E-state index contributed by atoms with van der Waals surface area (Å²) in [5.74, 6) is 0. The van der Waals surface area contributed by atoms with Crippen LogP contribution in [0.15, 0.2) is 33.6 Å². The number of benzene rings is 1. The van der Waals surface area contributed by atoms with Crippen LogP contribution in [0.4, 0.5) is 0 Å². The molecule has 0 aliphatic carbocycles. The molecule has 2 rings (SSSR count). The number of rotatable bonds is 3. The smallest absolute Gasteiger partial charge is 0.230 e. The zero-order valence-corrected chi connectivity index (χ0v) is 11.1. The molecule has 1 N–H and O–H groups in total. The van der Waals surface area contributed by atoms with E-state index in [9.17, 15) is 8.42 Å². The second-order valence-electron chi connectivity index (χ2n) is 3.74. The number of hydrazine groups is 1. The van der Waals surface area contributed by atoms with Crippen molar-refractivity contribution >= 4 is 26.0 Å². The molecule has 1 aromatic carbocycles. The van der Waals surface area contributed by atoms with Crippen molar-refractivity contribution in [3.05, 3.63) is 28.7 Å². The highest BCUT2D eigenvalue weighted by atomic mass is 79.9. The van der Waals surface area contributed by atoms with E-state index >= 15 is 0 Å². The van der Waals surface area contributed by atoms with Gasteiger partial charge in [-0.25, -0.2) is 13.4 Å². The Balaban J connectivity index is 2.14. The first kappa shape index (κ1) is 12.0. The van der Waals surface area contributed by atoms with Crippen LogP contribution in [0.5, 0.6) is 0 Å². The van der Waals surface area contributed by atoms with E-state index in [1.807, 2.05) is 0 Å². The van der Waals surface area contributed by atoms with Crippen molar-refractivity contribution in [3.8, 4) is 0 Å². The fourth-order valence-corrected chi connectivity index (χ4v) is 3.03. The second kappa shape index (κ2) is 4.83. The lowest BCUT2D eigenvalue weighted by molar-refractivity contribution is 0.300. The van der Waals surface area contributed by atoms with Crippen molar-refractivity contribution in [1.29, 1.82) is 0 Å². The summed E-state index contributed by atoms with van der Waals surface area (Å²) in [6, 6.07) is 6.61. The summed E-state index contributed by atoms with van der Waals surface area (Å²) in [6.07, 6.45) is 2.09. The Hall–Kier alpha value is -0.430. The van der Waals surface area contributed by atoms with Gasteiger partial charge in [0.05, 0.1) is 4.90 Å². The number of hydrogen-bond acceptors (Lipinski definition) is 3. The fourth-order valence-electron chi connectivity index (χ4n) is 1.64. The van der Waals surface area contributed by atoms with Gasteiger partial charge in [-0.3, -0.25) is 0 Å². The molecule has 0 atom stereocenters. The largest absolute Gasteiger partial charge is 0.253 e. The second-order valence-corrected chi connectivity index (χ2v) is 6.32. The summed E-state index contributed by atoms with van der Waals surface area (Å²) in [5, 5.41) is 1.75. The molecule has 6 heteroatoms. The Bertz CT molecular complexity index is 452. The number of nitrogens with zero attached hydrogens (tertiary/aromatic N) is 1. The molecular formula is C10H13BrN2O2S. The van der Waals surface area contributed by atoms with Crippen molar-refractivity contribution in [3.63, 3.8) is 0 Å². The van der Waals surface area contributed by atoms with Crippen molar-refractivity contribution in [2.24, 2.45) is 0 Å². The van der Waals surface area contributed by atoms with Crippen LogP contribution in [0, 0.1) is 0 Å². The van der Waals surface area contributed by atoms with E-state index in [-0.39, 0.29) is 0 Å². The zero-order valence-electron chi connectivity index (χ0n) is 8.69. The van der Waals surface area contributed by atoms with E-state index in [1.54, 1.807) is 29.3 Å². The molecule has 0 aromatic heterocycles. The molecule has 16 heavy (non-hydrogen) atoms. The summed E-state index contributed by atoms with van der Waals surface area (Å²) in [4.78, 5) is 2.88. The first-order valence-electron chi connectivity index (χ1n) is 5.11. The first-order chi connectivity index (χ1) is 7.58. The molecule has 0 radical (unpaired) electrons. The average molecular weight is 305 g/mol. The molecule has 1 aliphatic heterocycles. The van der Waals surface area contributed by atoms with Gasteiger partial charge < -0.3 is 0 Å². The topological polar surface area (TPSA) is 49.4 Å². The van der Waals surface area contributed by atoms with Crippen LogP contribution in [0.3, 0.4) is 0 Å². The Morgan fingerprint density at radius 2 is 1.69 bits per heavy atom. The Kier molecular flexibility index (Phi) is 3.63. The van der Waals surface area contributed by atoms with E-state index in [2.05, 4.69) is 20.8 Å². The van der Waals surface area contributed by atoms with Crippen LogP contribution in [-0.4, -0.2) is 26.5 Å². The molecule has 0 saturated carbocycles. The molecule has 0 unspecified atom stereocenters. The monoisotopic (exact) mass is 304 g/mol. The van der Waals surface area contributed by atoms with Crippen molar-refractivity contribution in [2.45, 2.75) is 17.7 Å². The van der Waals surface area contributed by atoms with Crippen LogP contribution in [-0.2, 0) is 10.0 Å².